The van der Waals surface area contributed by atoms with E-state index in [9.17, 15) is 14.0 Å². The molecule has 0 atom stereocenters. The van der Waals surface area contributed by atoms with Crippen LogP contribution in [0.4, 0.5) is 10.1 Å². The summed E-state index contributed by atoms with van der Waals surface area (Å²) in [4.78, 5) is 24.0. The molecule has 0 unspecified atom stereocenters. The minimum absolute atomic E-state index is 0.101. The number of rotatable bonds is 8. The lowest BCUT2D eigenvalue weighted by Crippen LogP contribution is -2.14. The van der Waals surface area contributed by atoms with Gasteiger partial charge in [-0.2, -0.15) is 0 Å². The highest BCUT2D eigenvalue weighted by molar-refractivity contribution is 7.99. The first-order valence-electron chi connectivity index (χ1n) is 9.33. The number of ether oxygens (including phenoxy) is 1. The number of anilines is 1. The molecule has 0 saturated heterocycles. The van der Waals surface area contributed by atoms with Gasteiger partial charge in [-0.05, 0) is 42.8 Å². The van der Waals surface area contributed by atoms with E-state index < -0.39 is 5.97 Å². The Bertz CT molecular complexity index is 1040. The summed E-state index contributed by atoms with van der Waals surface area (Å²) in [6, 6.07) is 12.8. The van der Waals surface area contributed by atoms with Gasteiger partial charge in [-0.1, -0.05) is 30.8 Å². The van der Waals surface area contributed by atoms with Gasteiger partial charge in [0.15, 0.2) is 11.0 Å². The fraction of sp³-hybridized carbons (Fsp3) is 0.238. The van der Waals surface area contributed by atoms with Crippen molar-refractivity contribution in [2.75, 3.05) is 17.7 Å². The van der Waals surface area contributed by atoms with E-state index in [1.807, 2.05) is 6.92 Å². The van der Waals surface area contributed by atoms with Crippen molar-refractivity contribution in [1.29, 1.82) is 0 Å². The smallest absolute Gasteiger partial charge is 0.338 e. The third-order valence-corrected chi connectivity index (χ3v) is 5.14. The zero-order valence-corrected chi connectivity index (χ0v) is 17.4. The number of carbonyl (C=O) groups excluding carboxylic acids is 2. The first kappa shape index (κ1) is 21.5. The van der Waals surface area contributed by atoms with Gasteiger partial charge in [0, 0.05) is 12.7 Å². The Morgan fingerprint density at radius 2 is 1.87 bits per heavy atom. The minimum Gasteiger partial charge on any atom is -0.462 e. The first-order valence-corrected chi connectivity index (χ1v) is 10.3. The quantitative estimate of drug-likeness (QED) is 0.432. The van der Waals surface area contributed by atoms with Crippen LogP contribution in [-0.2, 0) is 16.6 Å². The molecule has 1 N–H and O–H groups in total. The molecule has 3 aromatic rings. The SMILES string of the molecule is CCCOC(=O)c1ccc(NC(=O)CSc2nnc(-c3ccccc3F)n2C)cc1. The molecule has 9 heteroatoms. The van der Waals surface area contributed by atoms with E-state index in [2.05, 4.69) is 15.5 Å². The Balaban J connectivity index is 1.56. The lowest BCUT2D eigenvalue weighted by Gasteiger charge is -2.07. The summed E-state index contributed by atoms with van der Waals surface area (Å²) in [5, 5.41) is 11.3. The van der Waals surface area contributed by atoms with Gasteiger partial charge in [-0.3, -0.25) is 4.79 Å². The predicted molar refractivity (Wildman–Crippen MR) is 113 cm³/mol. The van der Waals surface area contributed by atoms with Gasteiger partial charge < -0.3 is 14.6 Å². The second-order valence-corrected chi connectivity index (χ2v) is 7.34. The summed E-state index contributed by atoms with van der Waals surface area (Å²) in [5.74, 6) is -0.523. The number of nitrogens with zero attached hydrogens (tertiary/aromatic N) is 3. The van der Waals surface area contributed by atoms with Crippen molar-refractivity contribution >= 4 is 29.3 Å². The Hall–Kier alpha value is -3.20. The lowest BCUT2D eigenvalue weighted by molar-refractivity contribution is -0.113. The number of aromatic nitrogens is 3. The molecule has 2 aromatic carbocycles. The summed E-state index contributed by atoms with van der Waals surface area (Å²) in [5.41, 5.74) is 1.34. The molecule has 0 aliphatic rings. The number of amides is 1. The number of benzene rings is 2. The topological polar surface area (TPSA) is 86.1 Å². The van der Waals surface area contributed by atoms with Gasteiger partial charge in [0.25, 0.3) is 0 Å². The van der Waals surface area contributed by atoms with Gasteiger partial charge >= 0.3 is 5.97 Å². The zero-order valence-electron chi connectivity index (χ0n) is 16.6. The fourth-order valence-electron chi connectivity index (χ4n) is 2.61. The van der Waals surface area contributed by atoms with E-state index in [0.29, 0.717) is 34.4 Å². The molecule has 0 aliphatic heterocycles. The molecule has 1 heterocycles. The zero-order chi connectivity index (χ0) is 21.5. The summed E-state index contributed by atoms with van der Waals surface area (Å²) < 4.78 is 20.7. The monoisotopic (exact) mass is 428 g/mol. The number of thioether (sulfide) groups is 1. The van der Waals surface area contributed by atoms with Crippen LogP contribution in [0.2, 0.25) is 0 Å². The van der Waals surface area contributed by atoms with Crippen LogP contribution in [0.3, 0.4) is 0 Å². The number of halogens is 1. The highest BCUT2D eigenvalue weighted by atomic mass is 32.2. The number of hydrogen-bond acceptors (Lipinski definition) is 6. The van der Waals surface area contributed by atoms with Gasteiger partial charge in [0.05, 0.1) is 23.5 Å². The molecule has 7 nitrogen and oxygen atoms in total. The van der Waals surface area contributed by atoms with E-state index in [0.717, 1.165) is 6.42 Å². The molecule has 1 aromatic heterocycles. The van der Waals surface area contributed by atoms with Crippen molar-refractivity contribution in [2.24, 2.45) is 7.05 Å². The number of hydrogen-bond donors (Lipinski definition) is 1. The average molecular weight is 428 g/mol. The van der Waals surface area contributed by atoms with Crippen LogP contribution >= 0.6 is 11.8 Å². The highest BCUT2D eigenvalue weighted by Gasteiger charge is 2.15. The molecular formula is C21H21FN4O3S. The second-order valence-electron chi connectivity index (χ2n) is 6.40. The van der Waals surface area contributed by atoms with Gasteiger partial charge in [-0.25, -0.2) is 9.18 Å². The molecule has 0 radical (unpaired) electrons. The maximum atomic E-state index is 14.0. The molecule has 156 valence electrons. The van der Waals surface area contributed by atoms with Crippen LogP contribution in [0.5, 0.6) is 0 Å². The predicted octanol–water partition coefficient (Wildman–Crippen LogP) is 3.92. The van der Waals surface area contributed by atoms with Crippen LogP contribution in [0.15, 0.2) is 53.7 Å². The molecule has 0 fully saturated rings. The van der Waals surface area contributed by atoms with E-state index >= 15 is 0 Å². The fourth-order valence-corrected chi connectivity index (χ4v) is 3.32. The number of nitrogens with one attached hydrogen (secondary N) is 1. The molecule has 0 spiro atoms. The number of esters is 1. The standard InChI is InChI=1S/C21H21FN4O3S/c1-3-12-29-20(28)14-8-10-15(11-9-14)23-18(27)13-30-21-25-24-19(26(21)2)16-6-4-5-7-17(16)22/h4-11H,3,12-13H2,1-2H3,(H,23,27). The maximum Gasteiger partial charge on any atom is 0.338 e. The third kappa shape index (κ3) is 5.24. The van der Waals surface area contributed by atoms with E-state index in [1.165, 1.54) is 17.8 Å². The summed E-state index contributed by atoms with van der Waals surface area (Å²) in [6.07, 6.45) is 0.755. The van der Waals surface area contributed by atoms with Gasteiger partial charge in [0.1, 0.15) is 5.82 Å². The molecule has 3 rings (SSSR count). The molecule has 0 bridgehead atoms. The van der Waals surface area contributed by atoms with Gasteiger partial charge in [-0.15, -0.1) is 10.2 Å². The lowest BCUT2D eigenvalue weighted by atomic mass is 10.2. The van der Waals surface area contributed by atoms with E-state index in [-0.39, 0.29) is 17.5 Å². The van der Waals surface area contributed by atoms with Crippen molar-refractivity contribution in [3.05, 3.63) is 59.9 Å². The molecular weight excluding hydrogens is 407 g/mol. The maximum absolute atomic E-state index is 14.0. The van der Waals surface area contributed by atoms with Crippen LogP contribution in [0.25, 0.3) is 11.4 Å². The Kier molecular flexibility index (Phi) is 7.18. The Morgan fingerprint density at radius 1 is 1.13 bits per heavy atom. The van der Waals surface area contributed by atoms with E-state index in [1.54, 1.807) is 54.1 Å². The van der Waals surface area contributed by atoms with Crippen molar-refractivity contribution in [3.8, 4) is 11.4 Å². The van der Waals surface area contributed by atoms with Crippen LogP contribution in [0.1, 0.15) is 23.7 Å². The normalized spacial score (nSPS) is 10.6. The Labute approximate surface area is 177 Å². The average Bonchev–Trinajstić information content (AvgIpc) is 3.11. The van der Waals surface area contributed by atoms with E-state index in [4.69, 9.17) is 4.74 Å². The summed E-state index contributed by atoms with van der Waals surface area (Å²) in [6.45, 7) is 2.29. The van der Waals surface area contributed by atoms with Crippen molar-refractivity contribution in [3.63, 3.8) is 0 Å². The first-order chi connectivity index (χ1) is 14.5. The Morgan fingerprint density at radius 3 is 2.57 bits per heavy atom. The molecule has 0 saturated carbocycles. The summed E-state index contributed by atoms with van der Waals surface area (Å²) in [7, 11) is 1.72. The third-order valence-electron chi connectivity index (χ3n) is 4.12. The molecule has 30 heavy (non-hydrogen) atoms. The largest absolute Gasteiger partial charge is 0.462 e. The van der Waals surface area contributed by atoms with Crippen molar-refractivity contribution < 1.29 is 18.7 Å². The second kappa shape index (κ2) is 10.0. The summed E-state index contributed by atoms with van der Waals surface area (Å²) >= 11 is 1.19. The highest BCUT2D eigenvalue weighted by Crippen LogP contribution is 2.24. The number of carbonyl (C=O) groups is 2. The van der Waals surface area contributed by atoms with Crippen LogP contribution in [-0.4, -0.2) is 39.0 Å². The minimum atomic E-state index is -0.391. The van der Waals surface area contributed by atoms with Gasteiger partial charge in [0.2, 0.25) is 5.91 Å². The molecule has 0 aliphatic carbocycles. The molecule has 1 amide bonds. The van der Waals surface area contributed by atoms with Crippen LogP contribution in [0, 0.1) is 5.82 Å². The van der Waals surface area contributed by atoms with Crippen molar-refractivity contribution in [2.45, 2.75) is 18.5 Å². The van der Waals surface area contributed by atoms with Crippen LogP contribution < -0.4 is 5.32 Å². The van der Waals surface area contributed by atoms with Crippen molar-refractivity contribution in [1.82, 2.24) is 14.8 Å².